The van der Waals surface area contributed by atoms with Crippen molar-refractivity contribution in [3.05, 3.63) is 47.1 Å². The van der Waals surface area contributed by atoms with Crippen LogP contribution >= 0.6 is 0 Å². The van der Waals surface area contributed by atoms with Gasteiger partial charge in [0, 0.05) is 16.9 Å². The monoisotopic (exact) mass is 452 g/mol. The molecule has 182 valence electrons. The van der Waals surface area contributed by atoms with E-state index in [1.807, 2.05) is 6.08 Å². The fraction of sp³-hybridized carbons (Fsp3) is 0.700. The van der Waals surface area contributed by atoms with E-state index >= 15 is 0 Å². The van der Waals surface area contributed by atoms with Gasteiger partial charge < -0.3 is 10.2 Å². The van der Waals surface area contributed by atoms with Crippen LogP contribution in [0.2, 0.25) is 0 Å². The predicted octanol–water partition coefficient (Wildman–Crippen LogP) is 7.10. The summed E-state index contributed by atoms with van der Waals surface area (Å²) in [6.07, 6.45) is 13.9. The number of aliphatic hydroxyl groups excluding tert-OH is 1. The third-order valence-corrected chi connectivity index (χ3v) is 10.5. The number of carbonyl (C=O) groups is 1. The van der Waals surface area contributed by atoms with Gasteiger partial charge in [0.15, 0.2) is 0 Å². The average Bonchev–Trinajstić information content (AvgIpc) is 3.06. The summed E-state index contributed by atoms with van der Waals surface area (Å²) in [6.45, 7) is 18.1. The van der Waals surface area contributed by atoms with Crippen molar-refractivity contribution >= 4 is 5.97 Å². The number of rotatable bonds is 5. The highest BCUT2D eigenvalue weighted by molar-refractivity contribution is 5.85. The highest BCUT2D eigenvalue weighted by Crippen LogP contribution is 2.68. The minimum Gasteiger partial charge on any atom is -0.478 e. The van der Waals surface area contributed by atoms with Gasteiger partial charge in [0.25, 0.3) is 0 Å². The number of hydrogen-bond donors (Lipinski definition) is 2. The maximum atomic E-state index is 11.1. The summed E-state index contributed by atoms with van der Waals surface area (Å²) in [7, 11) is 0. The van der Waals surface area contributed by atoms with Crippen LogP contribution in [0.4, 0.5) is 0 Å². The minimum absolute atomic E-state index is 0.0692. The van der Waals surface area contributed by atoms with E-state index in [1.54, 1.807) is 18.1 Å². The van der Waals surface area contributed by atoms with Gasteiger partial charge in [0.1, 0.15) is 0 Å². The Labute approximate surface area is 200 Å². The zero-order valence-corrected chi connectivity index (χ0v) is 21.6. The summed E-state index contributed by atoms with van der Waals surface area (Å²) in [5.41, 5.74) is 5.17. The maximum Gasteiger partial charge on any atom is 0.330 e. The molecular weight excluding hydrogens is 408 g/mol. The van der Waals surface area contributed by atoms with Crippen LogP contribution in [0.25, 0.3) is 0 Å². The summed E-state index contributed by atoms with van der Waals surface area (Å²) in [5.74, 6) is 1.04. The van der Waals surface area contributed by atoms with Crippen LogP contribution < -0.4 is 0 Å². The second kappa shape index (κ2) is 8.26. The second-order valence-corrected chi connectivity index (χ2v) is 12.6. The Morgan fingerprint density at radius 2 is 1.85 bits per heavy atom. The molecule has 0 aliphatic heterocycles. The molecule has 0 aromatic rings. The Balaban J connectivity index is 1.58. The SMILES string of the molecule is C=C1[C@@H]([C@H](C)CC/C=C(/C)C(=O)O)CC[C@@]2(C)C3=CC[C@H]4C(C)(C)[C@@H](O)CC[C@]4(C)C3=C[C@@H]12. The van der Waals surface area contributed by atoms with E-state index in [4.69, 9.17) is 5.11 Å². The topological polar surface area (TPSA) is 57.5 Å². The normalized spacial score (nSPS) is 40.8. The number of carboxylic acid groups (broad SMARTS) is 1. The molecule has 0 spiro atoms. The molecule has 0 aromatic heterocycles. The average molecular weight is 453 g/mol. The molecule has 2 N–H and O–H groups in total. The first kappa shape index (κ1) is 24.5. The van der Waals surface area contributed by atoms with Crippen molar-refractivity contribution in [2.24, 2.45) is 39.9 Å². The van der Waals surface area contributed by atoms with Crippen molar-refractivity contribution in [3.8, 4) is 0 Å². The molecule has 0 radical (unpaired) electrons. The molecule has 0 saturated heterocycles. The number of hydrogen-bond acceptors (Lipinski definition) is 2. The molecule has 3 nitrogen and oxygen atoms in total. The lowest BCUT2D eigenvalue weighted by Gasteiger charge is -2.57. The molecule has 33 heavy (non-hydrogen) atoms. The van der Waals surface area contributed by atoms with Crippen molar-refractivity contribution in [2.75, 3.05) is 0 Å². The van der Waals surface area contributed by atoms with Crippen molar-refractivity contribution in [3.63, 3.8) is 0 Å². The van der Waals surface area contributed by atoms with Crippen LogP contribution in [0.1, 0.15) is 86.5 Å². The van der Waals surface area contributed by atoms with Crippen LogP contribution in [-0.4, -0.2) is 22.3 Å². The van der Waals surface area contributed by atoms with E-state index in [0.29, 0.717) is 29.2 Å². The van der Waals surface area contributed by atoms with Crippen LogP contribution in [-0.2, 0) is 4.79 Å². The van der Waals surface area contributed by atoms with Gasteiger partial charge in [-0.1, -0.05) is 65.0 Å². The maximum absolute atomic E-state index is 11.1. The lowest BCUT2D eigenvalue weighted by Crippen LogP contribution is -2.52. The van der Waals surface area contributed by atoms with Gasteiger partial charge >= 0.3 is 5.97 Å². The van der Waals surface area contributed by atoms with E-state index in [-0.39, 0.29) is 22.3 Å². The lowest BCUT2D eigenvalue weighted by molar-refractivity contribution is -0.132. The summed E-state index contributed by atoms with van der Waals surface area (Å²) < 4.78 is 0. The van der Waals surface area contributed by atoms with Crippen molar-refractivity contribution < 1.29 is 15.0 Å². The first-order valence-electron chi connectivity index (χ1n) is 13.0. The lowest BCUT2D eigenvalue weighted by atomic mass is 9.48. The Bertz CT molecular complexity index is 934. The van der Waals surface area contributed by atoms with E-state index in [9.17, 15) is 9.90 Å². The number of fused-ring (bicyclic) bond motifs is 5. The number of aliphatic carboxylic acids is 1. The van der Waals surface area contributed by atoms with Crippen molar-refractivity contribution in [1.82, 2.24) is 0 Å². The summed E-state index contributed by atoms with van der Waals surface area (Å²) in [5, 5.41) is 19.9. The molecule has 4 aliphatic carbocycles. The molecule has 7 atom stereocenters. The fourth-order valence-corrected chi connectivity index (χ4v) is 8.09. The van der Waals surface area contributed by atoms with E-state index in [0.717, 1.165) is 38.5 Å². The molecule has 0 unspecified atom stereocenters. The van der Waals surface area contributed by atoms with Gasteiger partial charge in [-0.25, -0.2) is 4.79 Å². The molecule has 4 aliphatic rings. The van der Waals surface area contributed by atoms with Gasteiger partial charge in [0.2, 0.25) is 0 Å². The molecule has 2 saturated carbocycles. The number of allylic oxidation sites excluding steroid dienone is 6. The highest BCUT2D eigenvalue weighted by Gasteiger charge is 2.59. The smallest absolute Gasteiger partial charge is 0.330 e. The molecule has 0 aromatic carbocycles. The van der Waals surface area contributed by atoms with Gasteiger partial charge in [-0.15, -0.1) is 0 Å². The zero-order chi connectivity index (χ0) is 24.3. The minimum atomic E-state index is -0.820. The predicted molar refractivity (Wildman–Crippen MR) is 135 cm³/mol. The summed E-state index contributed by atoms with van der Waals surface area (Å²) in [6, 6.07) is 0. The second-order valence-electron chi connectivity index (χ2n) is 12.6. The summed E-state index contributed by atoms with van der Waals surface area (Å²) >= 11 is 0. The molecule has 0 bridgehead atoms. The third kappa shape index (κ3) is 3.70. The van der Waals surface area contributed by atoms with Gasteiger partial charge in [-0.05, 0) is 91.6 Å². The zero-order valence-electron chi connectivity index (χ0n) is 21.6. The first-order valence-corrected chi connectivity index (χ1v) is 13.0. The molecule has 3 heteroatoms. The standard InChI is InChI=1S/C30H44O3/c1-18(9-8-10-19(2)27(32)33)21-13-15-29(6)22-11-12-25-28(4,5)26(31)14-16-30(25,7)24(22)17-23(29)20(21)3/h10-11,17-18,21,23,25-26,31H,3,8-9,12-16H2,1-2,4-7H3,(H,32,33)/b19-10-/t18-,21-,23+,25+,26+,29+,30-/m1/s1. The number of carboxylic acids is 1. The van der Waals surface area contributed by atoms with Gasteiger partial charge in [0.05, 0.1) is 6.10 Å². The molecule has 0 heterocycles. The quantitative estimate of drug-likeness (QED) is 0.346. The third-order valence-electron chi connectivity index (χ3n) is 10.5. The van der Waals surface area contributed by atoms with Crippen molar-refractivity contribution in [2.45, 2.75) is 92.6 Å². The molecular formula is C30H44O3. The Morgan fingerprint density at radius 1 is 1.18 bits per heavy atom. The van der Waals surface area contributed by atoms with Crippen LogP contribution in [0, 0.1) is 39.9 Å². The van der Waals surface area contributed by atoms with Gasteiger partial charge in [-0.2, -0.15) is 0 Å². The highest BCUT2D eigenvalue weighted by atomic mass is 16.4. The molecule has 4 rings (SSSR count). The molecule has 0 amide bonds. The van der Waals surface area contributed by atoms with Crippen LogP contribution in [0.5, 0.6) is 0 Å². The van der Waals surface area contributed by atoms with Crippen LogP contribution in [0.3, 0.4) is 0 Å². The van der Waals surface area contributed by atoms with E-state index < -0.39 is 5.97 Å². The Kier molecular flexibility index (Phi) is 6.13. The Morgan fingerprint density at radius 3 is 2.52 bits per heavy atom. The number of aliphatic hydroxyl groups is 1. The van der Waals surface area contributed by atoms with E-state index in [1.165, 1.54) is 12.0 Å². The van der Waals surface area contributed by atoms with Gasteiger partial charge in [-0.3, -0.25) is 0 Å². The first-order chi connectivity index (χ1) is 15.3. The summed E-state index contributed by atoms with van der Waals surface area (Å²) in [4.78, 5) is 11.1. The van der Waals surface area contributed by atoms with Crippen molar-refractivity contribution in [1.29, 1.82) is 0 Å². The van der Waals surface area contributed by atoms with Crippen LogP contribution in [0.15, 0.2) is 47.1 Å². The van der Waals surface area contributed by atoms with E-state index in [2.05, 4.69) is 53.3 Å². The molecule has 2 fully saturated rings. The largest absolute Gasteiger partial charge is 0.478 e. The Hall–Kier alpha value is -1.61. The fourth-order valence-electron chi connectivity index (χ4n) is 8.09.